The maximum Gasteiger partial charge on any atom is 0.387 e. The fourth-order valence-corrected chi connectivity index (χ4v) is 3.01. The molecule has 0 aliphatic carbocycles. The molecule has 29 heavy (non-hydrogen) atoms. The molecular weight excluding hydrogens is 430 g/mol. The van der Waals surface area contributed by atoms with Crippen LogP contribution in [0.3, 0.4) is 0 Å². The van der Waals surface area contributed by atoms with Crippen molar-refractivity contribution in [2.75, 3.05) is 11.9 Å². The topological polar surface area (TPSA) is 103 Å². The van der Waals surface area contributed by atoms with Gasteiger partial charge in [0.1, 0.15) is 5.75 Å². The third kappa shape index (κ3) is 5.65. The lowest BCUT2D eigenvalue weighted by atomic mass is 10.3. The number of carbonyl (C=O) groups is 2. The highest BCUT2D eigenvalue weighted by Gasteiger charge is 2.16. The number of anilines is 1. The van der Waals surface area contributed by atoms with Crippen LogP contribution in [0.25, 0.3) is 10.8 Å². The molecule has 0 unspecified atom stereocenters. The van der Waals surface area contributed by atoms with E-state index in [0.717, 1.165) is 11.3 Å². The number of ether oxygens (including phenoxy) is 2. The Morgan fingerprint density at radius 3 is 2.69 bits per heavy atom. The van der Waals surface area contributed by atoms with Crippen molar-refractivity contribution in [2.24, 2.45) is 0 Å². The van der Waals surface area contributed by atoms with Gasteiger partial charge in [-0.15, -0.1) is 11.3 Å². The number of esters is 1. The van der Waals surface area contributed by atoms with E-state index in [-0.39, 0.29) is 22.2 Å². The summed E-state index contributed by atoms with van der Waals surface area (Å²) in [5.41, 5.74) is 0.233. The molecule has 12 heteroatoms. The number of halogens is 3. The minimum Gasteiger partial charge on any atom is -0.451 e. The number of nitrogens with one attached hydrogen (secondary N) is 1. The maximum atomic E-state index is 12.2. The summed E-state index contributed by atoms with van der Waals surface area (Å²) in [6.45, 7) is -3.60. The molecule has 150 valence electrons. The maximum absolute atomic E-state index is 12.2. The Morgan fingerprint density at radius 2 is 2.00 bits per heavy atom. The Hall–Kier alpha value is -3.18. The van der Waals surface area contributed by atoms with Crippen molar-refractivity contribution in [3.05, 3.63) is 52.8 Å². The monoisotopic (exact) mass is 440 g/mol. The molecule has 1 aromatic carbocycles. The smallest absolute Gasteiger partial charge is 0.387 e. The van der Waals surface area contributed by atoms with Gasteiger partial charge in [0.05, 0.1) is 5.02 Å². The molecule has 3 aromatic rings. The fraction of sp³-hybridized carbons (Fsp3) is 0.118. The van der Waals surface area contributed by atoms with E-state index >= 15 is 0 Å². The predicted octanol–water partition coefficient (Wildman–Crippen LogP) is 3.65. The van der Waals surface area contributed by atoms with Gasteiger partial charge in [0.2, 0.25) is 0 Å². The number of thiazole rings is 1. The SMILES string of the molecule is O=C(COC(=O)c1csc(-c2ncccn2)n1)Nc1ccc(OC(F)F)c(Cl)c1. The molecule has 0 atom stereocenters. The summed E-state index contributed by atoms with van der Waals surface area (Å²) < 4.78 is 33.5. The predicted molar refractivity (Wildman–Crippen MR) is 100 cm³/mol. The fourth-order valence-electron chi connectivity index (χ4n) is 2.05. The first-order valence-corrected chi connectivity index (χ1v) is 9.12. The number of amides is 1. The van der Waals surface area contributed by atoms with Crippen LogP contribution in [-0.4, -0.2) is 40.0 Å². The highest BCUT2D eigenvalue weighted by Crippen LogP contribution is 2.29. The highest BCUT2D eigenvalue weighted by molar-refractivity contribution is 7.13. The van der Waals surface area contributed by atoms with E-state index in [4.69, 9.17) is 16.3 Å². The number of rotatable bonds is 7. The standard InChI is InChI=1S/C17H11ClF2N4O4S/c18-10-6-9(2-3-12(10)28-17(19)20)23-13(25)7-27-16(26)11-8-29-15(24-11)14-21-4-1-5-22-14/h1-6,8,17H,7H2,(H,23,25). The summed E-state index contributed by atoms with van der Waals surface area (Å²) in [7, 11) is 0. The second-order valence-electron chi connectivity index (χ2n) is 5.26. The van der Waals surface area contributed by atoms with Crippen LogP contribution >= 0.6 is 22.9 Å². The molecule has 2 heterocycles. The molecule has 1 N–H and O–H groups in total. The van der Waals surface area contributed by atoms with Crippen LogP contribution in [0.4, 0.5) is 14.5 Å². The normalized spacial score (nSPS) is 10.6. The largest absolute Gasteiger partial charge is 0.451 e. The Kier molecular flexibility index (Phi) is 6.62. The summed E-state index contributed by atoms with van der Waals surface area (Å²) >= 11 is 6.96. The molecule has 0 fully saturated rings. The molecule has 0 saturated carbocycles. The zero-order chi connectivity index (χ0) is 20.8. The van der Waals surface area contributed by atoms with Crippen molar-refractivity contribution < 1.29 is 27.8 Å². The first-order valence-electron chi connectivity index (χ1n) is 7.86. The lowest BCUT2D eigenvalue weighted by Gasteiger charge is -2.09. The van der Waals surface area contributed by atoms with Gasteiger partial charge in [-0.2, -0.15) is 8.78 Å². The number of carbonyl (C=O) groups excluding carboxylic acids is 2. The zero-order valence-corrected chi connectivity index (χ0v) is 15.9. The molecule has 0 saturated heterocycles. The zero-order valence-electron chi connectivity index (χ0n) is 14.3. The van der Waals surface area contributed by atoms with Gasteiger partial charge in [-0.05, 0) is 24.3 Å². The first kappa shape index (κ1) is 20.6. The highest BCUT2D eigenvalue weighted by atomic mass is 35.5. The third-order valence-electron chi connectivity index (χ3n) is 3.24. The van der Waals surface area contributed by atoms with Crippen molar-refractivity contribution in [3.63, 3.8) is 0 Å². The number of aromatic nitrogens is 3. The molecule has 0 bridgehead atoms. The van der Waals surface area contributed by atoms with Crippen LogP contribution in [0.1, 0.15) is 10.5 Å². The van der Waals surface area contributed by atoms with Crippen LogP contribution in [-0.2, 0) is 9.53 Å². The van der Waals surface area contributed by atoms with Gasteiger partial charge in [-0.3, -0.25) is 4.79 Å². The number of alkyl halides is 2. The van der Waals surface area contributed by atoms with E-state index in [1.165, 1.54) is 23.6 Å². The lowest BCUT2D eigenvalue weighted by Crippen LogP contribution is -2.21. The second-order valence-corrected chi connectivity index (χ2v) is 6.52. The van der Waals surface area contributed by atoms with Crippen molar-refractivity contribution in [1.82, 2.24) is 15.0 Å². The van der Waals surface area contributed by atoms with Crippen molar-refractivity contribution in [3.8, 4) is 16.6 Å². The second kappa shape index (κ2) is 9.34. The van der Waals surface area contributed by atoms with E-state index in [1.807, 2.05) is 0 Å². The summed E-state index contributed by atoms with van der Waals surface area (Å²) in [5, 5.41) is 4.21. The number of nitrogens with zero attached hydrogens (tertiary/aromatic N) is 3. The van der Waals surface area contributed by atoms with Crippen LogP contribution < -0.4 is 10.1 Å². The van der Waals surface area contributed by atoms with E-state index in [1.54, 1.807) is 18.5 Å². The summed E-state index contributed by atoms with van der Waals surface area (Å²) in [6.07, 6.45) is 3.09. The van der Waals surface area contributed by atoms with Gasteiger partial charge < -0.3 is 14.8 Å². The molecule has 3 rings (SSSR count). The number of benzene rings is 1. The van der Waals surface area contributed by atoms with Gasteiger partial charge in [-0.1, -0.05) is 11.6 Å². The van der Waals surface area contributed by atoms with Gasteiger partial charge in [-0.25, -0.2) is 19.7 Å². The molecule has 0 radical (unpaired) electrons. The van der Waals surface area contributed by atoms with E-state index in [9.17, 15) is 18.4 Å². The average Bonchev–Trinajstić information content (AvgIpc) is 3.19. The summed E-state index contributed by atoms with van der Waals surface area (Å²) in [4.78, 5) is 36.1. The minimum atomic E-state index is -3.02. The molecule has 8 nitrogen and oxygen atoms in total. The van der Waals surface area contributed by atoms with Crippen molar-refractivity contribution in [2.45, 2.75) is 6.61 Å². The van der Waals surface area contributed by atoms with E-state index in [2.05, 4.69) is 25.0 Å². The molecule has 0 aliphatic rings. The number of hydrogen-bond acceptors (Lipinski definition) is 8. The quantitative estimate of drug-likeness (QED) is 0.559. The van der Waals surface area contributed by atoms with Crippen LogP contribution in [0.15, 0.2) is 42.0 Å². The molecular formula is C17H11ClF2N4O4S. The Labute approximate surface area is 171 Å². The average molecular weight is 441 g/mol. The molecule has 1 amide bonds. The van der Waals surface area contributed by atoms with Crippen LogP contribution in [0.2, 0.25) is 5.02 Å². The van der Waals surface area contributed by atoms with Crippen molar-refractivity contribution in [1.29, 1.82) is 0 Å². The first-order chi connectivity index (χ1) is 13.9. The van der Waals surface area contributed by atoms with E-state index < -0.39 is 25.1 Å². The van der Waals surface area contributed by atoms with Crippen LogP contribution in [0, 0.1) is 0 Å². The van der Waals surface area contributed by atoms with Gasteiger partial charge in [0.15, 0.2) is 23.1 Å². The molecule has 0 aliphatic heterocycles. The number of hydrogen-bond donors (Lipinski definition) is 1. The lowest BCUT2D eigenvalue weighted by molar-refractivity contribution is -0.119. The van der Waals surface area contributed by atoms with E-state index in [0.29, 0.717) is 10.8 Å². The molecule has 2 aromatic heterocycles. The van der Waals surface area contributed by atoms with Gasteiger partial charge in [0, 0.05) is 23.5 Å². The van der Waals surface area contributed by atoms with Gasteiger partial charge >= 0.3 is 12.6 Å². The molecule has 0 spiro atoms. The Bertz CT molecular complexity index is 1020. The summed E-state index contributed by atoms with van der Waals surface area (Å²) in [5.74, 6) is -1.31. The Morgan fingerprint density at radius 1 is 1.24 bits per heavy atom. The summed E-state index contributed by atoms with van der Waals surface area (Å²) in [6, 6.07) is 5.37. The Balaban J connectivity index is 1.54. The van der Waals surface area contributed by atoms with Gasteiger partial charge in [0.25, 0.3) is 5.91 Å². The van der Waals surface area contributed by atoms with Crippen molar-refractivity contribution >= 4 is 40.5 Å². The van der Waals surface area contributed by atoms with Crippen LogP contribution in [0.5, 0.6) is 5.75 Å². The minimum absolute atomic E-state index is 0.0156. The third-order valence-corrected chi connectivity index (χ3v) is 4.37.